The molecule has 2 N–H and O–H groups in total. The summed E-state index contributed by atoms with van der Waals surface area (Å²) in [6, 6.07) is 6.14. The van der Waals surface area contributed by atoms with E-state index in [1.807, 2.05) is 29.8 Å². The van der Waals surface area contributed by atoms with Crippen LogP contribution in [0.5, 0.6) is 0 Å². The number of anilines is 1. The van der Waals surface area contributed by atoms with Gasteiger partial charge in [-0.2, -0.15) is 0 Å². The van der Waals surface area contributed by atoms with Crippen LogP contribution in [-0.2, 0) is 0 Å². The molecule has 17 heavy (non-hydrogen) atoms. The van der Waals surface area contributed by atoms with Gasteiger partial charge in [-0.1, -0.05) is 6.92 Å². The van der Waals surface area contributed by atoms with Gasteiger partial charge in [0.2, 0.25) is 0 Å². The Hall–Kier alpha value is -1.91. The molecule has 0 spiro atoms. The van der Waals surface area contributed by atoms with Gasteiger partial charge in [-0.05, 0) is 54.5 Å². The minimum absolute atomic E-state index is 0.290. The number of hydrogen-bond donors (Lipinski definition) is 1. The highest BCUT2D eigenvalue weighted by atomic mass is 15.5. The van der Waals surface area contributed by atoms with E-state index in [1.54, 1.807) is 0 Å². The summed E-state index contributed by atoms with van der Waals surface area (Å²) in [7, 11) is 0. The first-order valence-corrected chi connectivity index (χ1v) is 5.77. The van der Waals surface area contributed by atoms with Crippen molar-refractivity contribution in [3.63, 3.8) is 0 Å². The number of nitrogens with two attached hydrogens (primary N) is 1. The molecule has 5 heteroatoms. The number of benzene rings is 1. The van der Waals surface area contributed by atoms with Gasteiger partial charge in [-0.3, -0.25) is 0 Å². The second-order valence-electron chi connectivity index (χ2n) is 4.28. The van der Waals surface area contributed by atoms with Crippen LogP contribution in [0.15, 0.2) is 18.2 Å². The van der Waals surface area contributed by atoms with E-state index < -0.39 is 0 Å². The van der Waals surface area contributed by atoms with E-state index >= 15 is 0 Å². The van der Waals surface area contributed by atoms with E-state index in [0.29, 0.717) is 0 Å². The molecule has 1 atom stereocenters. The quantitative estimate of drug-likeness (QED) is 0.822. The van der Waals surface area contributed by atoms with Crippen molar-refractivity contribution in [1.82, 2.24) is 20.2 Å². The highest BCUT2D eigenvalue weighted by Gasteiger charge is 2.13. The fourth-order valence-corrected chi connectivity index (χ4v) is 1.67. The molecular formula is C12H17N5. The Labute approximate surface area is 101 Å². The summed E-state index contributed by atoms with van der Waals surface area (Å²) in [5.74, 6) is 0.794. The molecule has 0 bridgehead atoms. The second-order valence-corrected chi connectivity index (χ2v) is 4.28. The minimum Gasteiger partial charge on any atom is -0.399 e. The molecule has 1 aromatic carbocycles. The Kier molecular flexibility index (Phi) is 3.08. The third-order valence-corrected chi connectivity index (χ3v) is 3.03. The van der Waals surface area contributed by atoms with Crippen molar-refractivity contribution >= 4 is 5.69 Å². The van der Waals surface area contributed by atoms with Gasteiger partial charge in [0.05, 0.1) is 6.04 Å². The number of nitrogen functional groups attached to an aromatic ring is 1. The van der Waals surface area contributed by atoms with E-state index in [9.17, 15) is 0 Å². The van der Waals surface area contributed by atoms with Crippen molar-refractivity contribution in [2.45, 2.75) is 33.2 Å². The van der Waals surface area contributed by atoms with Gasteiger partial charge in [-0.15, -0.1) is 5.10 Å². The molecule has 1 unspecified atom stereocenters. The maximum Gasteiger partial charge on any atom is 0.182 e. The molecule has 0 saturated carbocycles. The third kappa shape index (κ3) is 2.13. The molecule has 5 nitrogen and oxygen atoms in total. The minimum atomic E-state index is 0.290. The Morgan fingerprint density at radius 3 is 2.82 bits per heavy atom. The monoisotopic (exact) mass is 231 g/mol. The average molecular weight is 231 g/mol. The molecule has 1 aromatic heterocycles. The molecule has 90 valence electrons. The lowest BCUT2D eigenvalue weighted by Gasteiger charge is -2.11. The maximum atomic E-state index is 5.81. The molecule has 0 aliphatic heterocycles. The zero-order chi connectivity index (χ0) is 12.4. The molecule has 0 radical (unpaired) electrons. The summed E-state index contributed by atoms with van der Waals surface area (Å²) >= 11 is 0. The highest BCUT2D eigenvalue weighted by molar-refractivity contribution is 5.61. The first-order valence-electron chi connectivity index (χ1n) is 5.77. The summed E-state index contributed by atoms with van der Waals surface area (Å²) in [6.45, 7) is 6.20. The van der Waals surface area contributed by atoms with Crippen molar-refractivity contribution < 1.29 is 0 Å². The van der Waals surface area contributed by atoms with Crippen LogP contribution < -0.4 is 5.73 Å². The Balaban J connectivity index is 2.46. The highest BCUT2D eigenvalue weighted by Crippen LogP contribution is 2.23. The molecule has 2 rings (SSSR count). The van der Waals surface area contributed by atoms with Crippen molar-refractivity contribution in [2.75, 3.05) is 5.73 Å². The van der Waals surface area contributed by atoms with Crippen molar-refractivity contribution in [3.8, 4) is 11.4 Å². The predicted octanol–water partition coefficient (Wildman–Crippen LogP) is 2.20. The smallest absolute Gasteiger partial charge is 0.182 e. The SMILES string of the molecule is CCC(C)n1nnnc1-c1ccc(N)c(C)c1. The van der Waals surface area contributed by atoms with Crippen molar-refractivity contribution in [2.24, 2.45) is 0 Å². The van der Waals surface area contributed by atoms with Crippen molar-refractivity contribution in [1.29, 1.82) is 0 Å². The molecule has 1 heterocycles. The van der Waals surface area contributed by atoms with E-state index in [4.69, 9.17) is 5.73 Å². The van der Waals surface area contributed by atoms with Gasteiger partial charge in [0.25, 0.3) is 0 Å². The van der Waals surface area contributed by atoms with Crippen molar-refractivity contribution in [3.05, 3.63) is 23.8 Å². The van der Waals surface area contributed by atoms with E-state index in [2.05, 4.69) is 29.4 Å². The van der Waals surface area contributed by atoms with Gasteiger partial charge in [0.15, 0.2) is 5.82 Å². The zero-order valence-corrected chi connectivity index (χ0v) is 10.4. The van der Waals surface area contributed by atoms with Crippen LogP contribution in [-0.4, -0.2) is 20.2 Å². The lowest BCUT2D eigenvalue weighted by atomic mass is 10.1. The largest absolute Gasteiger partial charge is 0.399 e. The van der Waals surface area contributed by atoms with Crippen LogP contribution in [0.1, 0.15) is 31.9 Å². The fraction of sp³-hybridized carbons (Fsp3) is 0.417. The zero-order valence-electron chi connectivity index (χ0n) is 10.4. The van der Waals surface area contributed by atoms with Gasteiger partial charge in [0, 0.05) is 11.3 Å². The van der Waals surface area contributed by atoms with Crippen LogP contribution in [0.4, 0.5) is 5.69 Å². The normalized spacial score (nSPS) is 12.6. The lowest BCUT2D eigenvalue weighted by molar-refractivity contribution is 0.469. The van der Waals surface area contributed by atoms with E-state index in [0.717, 1.165) is 29.1 Å². The van der Waals surface area contributed by atoms with E-state index in [1.165, 1.54) is 0 Å². The molecule has 0 aliphatic carbocycles. The third-order valence-electron chi connectivity index (χ3n) is 3.03. The topological polar surface area (TPSA) is 69.6 Å². The number of aryl methyl sites for hydroxylation is 1. The van der Waals surface area contributed by atoms with Crippen LogP contribution in [0.3, 0.4) is 0 Å². The number of nitrogens with zero attached hydrogens (tertiary/aromatic N) is 4. The molecule has 2 aromatic rings. The van der Waals surface area contributed by atoms with Gasteiger partial charge in [-0.25, -0.2) is 4.68 Å². The fourth-order valence-electron chi connectivity index (χ4n) is 1.67. The standard InChI is InChI=1S/C12H17N5/c1-4-9(3)17-12(14-15-16-17)10-5-6-11(13)8(2)7-10/h5-7,9H,4,13H2,1-3H3. The van der Waals surface area contributed by atoms with Crippen LogP contribution >= 0.6 is 0 Å². The molecule has 0 amide bonds. The number of aromatic nitrogens is 4. The summed E-state index contributed by atoms with van der Waals surface area (Å²) in [4.78, 5) is 0. The summed E-state index contributed by atoms with van der Waals surface area (Å²) in [6.07, 6.45) is 0.992. The number of tetrazole rings is 1. The van der Waals surface area contributed by atoms with Crippen LogP contribution in [0, 0.1) is 6.92 Å². The molecule has 0 fully saturated rings. The summed E-state index contributed by atoms with van der Waals surface area (Å²) in [5.41, 5.74) is 8.64. The van der Waals surface area contributed by atoms with Crippen LogP contribution in [0.25, 0.3) is 11.4 Å². The maximum absolute atomic E-state index is 5.81. The number of rotatable bonds is 3. The van der Waals surface area contributed by atoms with Gasteiger partial charge < -0.3 is 5.73 Å². The average Bonchev–Trinajstić information content (AvgIpc) is 2.80. The molecule has 0 aliphatic rings. The van der Waals surface area contributed by atoms with E-state index in [-0.39, 0.29) is 6.04 Å². The van der Waals surface area contributed by atoms with Crippen LogP contribution in [0.2, 0.25) is 0 Å². The number of hydrogen-bond acceptors (Lipinski definition) is 4. The predicted molar refractivity (Wildman–Crippen MR) is 67.4 cm³/mol. The Morgan fingerprint density at radius 2 is 2.18 bits per heavy atom. The molecular weight excluding hydrogens is 214 g/mol. The Morgan fingerprint density at radius 1 is 1.41 bits per heavy atom. The summed E-state index contributed by atoms with van der Waals surface area (Å²) in [5, 5.41) is 11.9. The first-order chi connectivity index (χ1) is 8.13. The van der Waals surface area contributed by atoms with Gasteiger partial charge in [0.1, 0.15) is 0 Å². The van der Waals surface area contributed by atoms with Gasteiger partial charge >= 0.3 is 0 Å². The second kappa shape index (κ2) is 4.53. The molecule has 0 saturated heterocycles. The first kappa shape index (κ1) is 11.6. The summed E-state index contributed by atoms with van der Waals surface area (Å²) < 4.78 is 1.85. The Bertz CT molecular complexity index is 517. The lowest BCUT2D eigenvalue weighted by Crippen LogP contribution is -2.08.